The quantitative estimate of drug-likeness (QED) is 0.146. The summed E-state index contributed by atoms with van der Waals surface area (Å²) in [6.45, 7) is 7.60. The summed E-state index contributed by atoms with van der Waals surface area (Å²) in [4.78, 5) is 28.9. The van der Waals surface area contributed by atoms with Gasteiger partial charge in [0.25, 0.3) is 0 Å². The van der Waals surface area contributed by atoms with Gasteiger partial charge in [0.1, 0.15) is 23.1 Å². The molecule has 1 aromatic carbocycles. The minimum absolute atomic E-state index is 0.00847. The molecule has 13 atom stereocenters. The lowest BCUT2D eigenvalue weighted by Crippen LogP contribution is -2.71. The molecule has 0 spiro atoms. The lowest BCUT2D eigenvalue weighted by molar-refractivity contribution is -0.232. The van der Waals surface area contributed by atoms with Crippen molar-refractivity contribution in [1.29, 1.82) is 0 Å². The Kier molecular flexibility index (Phi) is 8.98. The maximum Gasteiger partial charge on any atom is 0.227 e. The Labute approximate surface area is 317 Å². The molecule has 11 heteroatoms. The molecule has 0 bridgehead atoms. The van der Waals surface area contributed by atoms with Crippen molar-refractivity contribution in [3.8, 4) is 5.75 Å². The summed E-state index contributed by atoms with van der Waals surface area (Å²) in [5, 5.41) is 81.7. The van der Waals surface area contributed by atoms with Gasteiger partial charge in [-0.1, -0.05) is 39.8 Å². The first-order chi connectivity index (χ1) is 25.4. The van der Waals surface area contributed by atoms with Crippen LogP contribution in [0.5, 0.6) is 5.75 Å². The molecule has 2 saturated heterocycles. The molecular formula is C43H59NO10. The normalized spacial score (nSPS) is 45.8. The first kappa shape index (κ1) is 38.2. The molecule has 7 aliphatic rings. The highest BCUT2D eigenvalue weighted by atomic mass is 16.6. The van der Waals surface area contributed by atoms with Crippen molar-refractivity contribution in [3.05, 3.63) is 47.6 Å². The Morgan fingerprint density at radius 3 is 2.48 bits per heavy atom. The van der Waals surface area contributed by atoms with Crippen LogP contribution in [0, 0.1) is 45.8 Å². The highest BCUT2D eigenvalue weighted by molar-refractivity contribution is 5.98. The fraction of sp³-hybridized carbons (Fsp3) is 0.721. The Hall–Kier alpha value is -2.64. The number of ether oxygens (including phenoxy) is 1. The molecule has 3 saturated carbocycles. The van der Waals surface area contributed by atoms with Gasteiger partial charge in [-0.15, -0.1) is 0 Å². The van der Waals surface area contributed by atoms with E-state index in [9.17, 15) is 45.3 Å². The number of epoxide rings is 1. The molecule has 0 aromatic heterocycles. The minimum Gasteiger partial charge on any atom is -0.508 e. The fourth-order valence-electron chi connectivity index (χ4n) is 13.0. The number of amides is 1. The van der Waals surface area contributed by atoms with Crippen LogP contribution in [0.15, 0.2) is 42.0 Å². The van der Waals surface area contributed by atoms with Crippen molar-refractivity contribution >= 4 is 17.4 Å². The molecular weight excluding hydrogens is 690 g/mol. The molecule has 11 nitrogen and oxygen atoms in total. The van der Waals surface area contributed by atoms with Crippen molar-refractivity contribution in [1.82, 2.24) is 0 Å². The number of anilines is 1. The van der Waals surface area contributed by atoms with E-state index in [-0.39, 0.29) is 48.9 Å². The summed E-state index contributed by atoms with van der Waals surface area (Å²) in [7, 11) is 0. The third-order valence-electron chi connectivity index (χ3n) is 16.4. The molecule has 1 aromatic rings. The van der Waals surface area contributed by atoms with Crippen LogP contribution in [0.3, 0.4) is 0 Å². The van der Waals surface area contributed by atoms with E-state index in [2.05, 4.69) is 26.8 Å². The van der Waals surface area contributed by atoms with E-state index >= 15 is 0 Å². The third kappa shape index (κ3) is 5.04. The number of phenols is 1. The van der Waals surface area contributed by atoms with E-state index in [1.807, 2.05) is 19.1 Å². The molecule has 7 N–H and O–H groups in total. The van der Waals surface area contributed by atoms with Crippen LogP contribution < -0.4 is 4.90 Å². The molecule has 5 fully saturated rings. The first-order valence-corrected chi connectivity index (χ1v) is 20.2. The average molecular weight is 750 g/mol. The second-order valence-electron chi connectivity index (χ2n) is 18.9. The maximum atomic E-state index is 14.5. The van der Waals surface area contributed by atoms with E-state index in [1.54, 1.807) is 17.0 Å². The summed E-state index contributed by atoms with van der Waals surface area (Å²) in [6.07, 6.45) is 6.82. The number of benzene rings is 1. The summed E-state index contributed by atoms with van der Waals surface area (Å²) in [5.41, 5.74) is -6.38. The van der Waals surface area contributed by atoms with Crippen molar-refractivity contribution in [3.63, 3.8) is 0 Å². The van der Waals surface area contributed by atoms with Crippen molar-refractivity contribution in [2.45, 2.75) is 127 Å². The number of aromatic hydroxyl groups is 1. The van der Waals surface area contributed by atoms with Crippen molar-refractivity contribution < 1.29 is 50.1 Å². The van der Waals surface area contributed by atoms with Crippen LogP contribution in [0.2, 0.25) is 0 Å². The van der Waals surface area contributed by atoms with Crippen LogP contribution in [0.4, 0.5) is 5.69 Å². The lowest BCUT2D eigenvalue weighted by Gasteiger charge is -2.67. The number of aliphatic hydroxyl groups excluding tert-OH is 3. The predicted molar refractivity (Wildman–Crippen MR) is 199 cm³/mol. The molecule has 1 amide bonds. The summed E-state index contributed by atoms with van der Waals surface area (Å²) < 4.78 is 6.38. The summed E-state index contributed by atoms with van der Waals surface area (Å²) >= 11 is 0. The number of carbonyl (C=O) groups excluding carboxylic acids is 2. The number of hydrogen-bond acceptors (Lipinski definition) is 10. The number of carbonyl (C=O) groups is 2. The Morgan fingerprint density at radius 2 is 1.81 bits per heavy atom. The van der Waals surface area contributed by atoms with Crippen LogP contribution in [0.1, 0.15) is 91.0 Å². The van der Waals surface area contributed by atoms with Crippen LogP contribution in [-0.2, 0) is 20.7 Å². The molecule has 54 heavy (non-hydrogen) atoms. The highest BCUT2D eigenvalue weighted by Crippen LogP contribution is 2.75. The number of ketones is 1. The van der Waals surface area contributed by atoms with Crippen LogP contribution in [-0.4, -0.2) is 102 Å². The Bertz CT molecular complexity index is 1780. The molecule has 296 valence electrons. The first-order valence-electron chi connectivity index (χ1n) is 20.2. The van der Waals surface area contributed by atoms with Crippen molar-refractivity contribution in [2.24, 2.45) is 45.8 Å². The highest BCUT2D eigenvalue weighted by Gasteiger charge is 2.77. The van der Waals surface area contributed by atoms with E-state index in [1.165, 1.54) is 6.08 Å². The number of allylic oxidation sites excluding steroid dienone is 2. The second-order valence-corrected chi connectivity index (χ2v) is 18.9. The number of aliphatic hydroxyl groups is 6. The summed E-state index contributed by atoms with van der Waals surface area (Å²) in [5.74, 6) is -1.06. The van der Waals surface area contributed by atoms with Gasteiger partial charge in [0, 0.05) is 36.1 Å². The van der Waals surface area contributed by atoms with Gasteiger partial charge in [0.15, 0.2) is 5.78 Å². The number of hydrogen-bond donors (Lipinski definition) is 7. The van der Waals surface area contributed by atoms with Gasteiger partial charge in [-0.2, -0.15) is 0 Å². The van der Waals surface area contributed by atoms with Crippen LogP contribution in [0.25, 0.3) is 0 Å². The zero-order chi connectivity index (χ0) is 38.8. The van der Waals surface area contributed by atoms with Gasteiger partial charge < -0.3 is 45.4 Å². The average Bonchev–Trinajstić information content (AvgIpc) is 3.75. The number of aryl methyl sites for hydroxylation is 1. The smallest absolute Gasteiger partial charge is 0.227 e. The zero-order valence-electron chi connectivity index (χ0n) is 32.1. The van der Waals surface area contributed by atoms with Crippen molar-refractivity contribution in [2.75, 3.05) is 24.7 Å². The molecule has 8 rings (SSSR count). The number of nitrogens with zero attached hydrogens (tertiary/aromatic N) is 1. The van der Waals surface area contributed by atoms with Gasteiger partial charge in [-0.25, -0.2) is 0 Å². The van der Waals surface area contributed by atoms with Gasteiger partial charge in [0.2, 0.25) is 5.91 Å². The molecule has 0 unspecified atom stereocenters. The topological polar surface area (TPSA) is 192 Å². The standard InChI is InChI=1S/C43H59NO10/c1-24(2)25(3)36-37(54-36)42(52)11-5-7-27-17-30-31(19-33(48)39(22-45)20-34(49)40(51,23-46)21-38(30,39)4)43(53)13-10-32(42)41(27,43)12-9-26-15-28(18-29(47)16-26)44-14-6-8-35(44)50/h5,7,15-16,18-19,24-25,27,30,32,34,36-37,45-47,49,51-53H,6,8-14,17,20-23H2,1-4H3/t25-,27+,30-,32+,34-,36-,37-,38-,39+,40-,41-,42+,43+/m1/s1. The van der Waals surface area contributed by atoms with Gasteiger partial charge in [0.05, 0.1) is 36.4 Å². The number of rotatable bonds is 9. The monoisotopic (exact) mass is 749 g/mol. The van der Waals surface area contributed by atoms with Gasteiger partial charge in [-0.3, -0.25) is 9.59 Å². The Morgan fingerprint density at radius 1 is 1.06 bits per heavy atom. The molecule has 0 radical (unpaired) electrons. The van der Waals surface area contributed by atoms with Crippen LogP contribution >= 0.6 is 0 Å². The van der Waals surface area contributed by atoms with Gasteiger partial charge in [-0.05, 0) is 116 Å². The van der Waals surface area contributed by atoms with E-state index in [0.717, 1.165) is 12.0 Å². The summed E-state index contributed by atoms with van der Waals surface area (Å²) in [6, 6.07) is 5.23. The fourth-order valence-corrected chi connectivity index (χ4v) is 13.0. The lowest BCUT2D eigenvalue weighted by atomic mass is 9.38. The van der Waals surface area contributed by atoms with E-state index in [0.29, 0.717) is 62.2 Å². The SMILES string of the molecule is CC(C)[C@@H](C)[C@H]1O[C@H]1[C@]1(O)CC=C[C@H]2C[C@@H]3C(=CC(=O)[C@@]4(CO)C[C@@H](O)[C@](O)(CO)C[C@]34C)[C@@]3(O)CC[C@H]1[C@@]23CCc1cc(O)cc(N2CCCC2=O)c1. The second kappa shape index (κ2) is 12.7. The van der Waals surface area contributed by atoms with E-state index < -0.39 is 76.1 Å². The molecule has 2 aliphatic heterocycles. The predicted octanol–water partition coefficient (Wildman–Crippen LogP) is 3.34. The number of phenolic OH excluding ortho intramolecular Hbond substituents is 1. The largest absolute Gasteiger partial charge is 0.508 e. The third-order valence-corrected chi connectivity index (χ3v) is 16.4. The minimum atomic E-state index is -1.90. The molecule has 5 aliphatic carbocycles. The Balaban J connectivity index is 1.26. The number of fused-ring (bicyclic) bond motifs is 4. The van der Waals surface area contributed by atoms with Gasteiger partial charge >= 0.3 is 0 Å². The zero-order valence-corrected chi connectivity index (χ0v) is 32.1. The molecule has 2 heterocycles. The van der Waals surface area contributed by atoms with E-state index in [4.69, 9.17) is 4.74 Å². The maximum absolute atomic E-state index is 14.5.